The number of halogens is 6. The molecule has 1 amide bonds. The highest BCUT2D eigenvalue weighted by Crippen LogP contribution is 2.32. The zero-order chi connectivity index (χ0) is 27.7. The van der Waals surface area contributed by atoms with Crippen molar-refractivity contribution in [1.29, 1.82) is 0 Å². The molecule has 0 saturated carbocycles. The minimum Gasteiger partial charge on any atom is -0.378 e. The van der Waals surface area contributed by atoms with Crippen LogP contribution in [0.5, 0.6) is 0 Å². The average molecular weight is 549 g/mol. The van der Waals surface area contributed by atoms with Gasteiger partial charge >= 0.3 is 12.4 Å². The van der Waals surface area contributed by atoms with Gasteiger partial charge in [-0.15, -0.1) is 0 Å². The van der Waals surface area contributed by atoms with Gasteiger partial charge in [-0.3, -0.25) is 9.59 Å². The molecule has 0 unspecified atom stereocenters. The molecular weight excluding hydrogens is 524 g/mol. The average Bonchev–Trinajstić information content (AvgIpc) is 3.21. The van der Waals surface area contributed by atoms with Gasteiger partial charge in [-0.25, -0.2) is 15.1 Å². The first-order valence-electron chi connectivity index (χ1n) is 11.8. The molecule has 2 N–H and O–H groups in total. The predicted molar refractivity (Wildman–Crippen MR) is 121 cm³/mol. The van der Waals surface area contributed by atoms with Crippen LogP contribution >= 0.6 is 0 Å². The van der Waals surface area contributed by atoms with E-state index in [1.54, 1.807) is 21.8 Å². The lowest BCUT2D eigenvalue weighted by molar-refractivity contribution is -0.139. The van der Waals surface area contributed by atoms with Gasteiger partial charge in [-0.05, 0) is 19.8 Å². The summed E-state index contributed by atoms with van der Waals surface area (Å²) in [7, 11) is 0. The fourth-order valence-corrected chi connectivity index (χ4v) is 4.56. The van der Waals surface area contributed by atoms with Crippen molar-refractivity contribution in [2.45, 2.75) is 56.7 Å². The van der Waals surface area contributed by atoms with Gasteiger partial charge in [0.05, 0.1) is 24.1 Å². The number of ether oxygens (including phenoxy) is 1. The predicted octanol–water partition coefficient (Wildman–Crippen LogP) is 2.68. The number of nitrogens with zero attached hydrogens (tertiary/aromatic N) is 5. The molecule has 0 aromatic carbocycles. The Morgan fingerprint density at radius 3 is 2.29 bits per heavy atom. The molecule has 2 aliphatic heterocycles. The van der Waals surface area contributed by atoms with E-state index in [0.717, 1.165) is 18.6 Å². The number of aromatic nitrogens is 4. The Kier molecular flexibility index (Phi) is 7.80. The van der Waals surface area contributed by atoms with Gasteiger partial charge in [0.15, 0.2) is 0 Å². The Bertz CT molecular complexity index is 1180. The molecule has 208 valence electrons. The highest BCUT2D eigenvalue weighted by Gasteiger charge is 2.40. The topological polar surface area (TPSA) is 116 Å². The molecule has 0 spiro atoms. The molecule has 0 radical (unpaired) electrons. The molecule has 16 heteroatoms. The number of H-pyrrole nitrogens is 1. The van der Waals surface area contributed by atoms with Gasteiger partial charge in [0.25, 0.3) is 11.5 Å². The van der Waals surface area contributed by atoms with Crippen LogP contribution in [0.25, 0.3) is 0 Å². The van der Waals surface area contributed by atoms with Crippen LogP contribution in [0.1, 0.15) is 37.3 Å². The second kappa shape index (κ2) is 10.7. The zero-order valence-corrected chi connectivity index (χ0v) is 20.1. The van der Waals surface area contributed by atoms with Crippen LogP contribution in [0.15, 0.2) is 23.4 Å². The SMILES string of the molecule is C[C@@H](CO[C@@H]1CCN(C2CCN(c3ncc(C(F)(F)F)cn3)CC2)C1=O)Nc1cn[nH]c(=O)c1C(F)(F)F. The number of piperidine rings is 1. The van der Waals surface area contributed by atoms with Crippen LogP contribution in [0.2, 0.25) is 0 Å². The number of hydrogen-bond donors (Lipinski definition) is 2. The number of carbonyl (C=O) groups excluding carboxylic acids is 1. The van der Waals surface area contributed by atoms with E-state index in [-0.39, 0.29) is 24.5 Å². The quantitative estimate of drug-likeness (QED) is 0.507. The number of nitrogens with one attached hydrogen (secondary N) is 2. The summed E-state index contributed by atoms with van der Waals surface area (Å²) >= 11 is 0. The van der Waals surface area contributed by atoms with E-state index in [4.69, 9.17) is 4.74 Å². The normalized spacial score (nSPS) is 20.2. The summed E-state index contributed by atoms with van der Waals surface area (Å²) in [5.41, 5.74) is -4.17. The first kappa shape index (κ1) is 27.6. The molecule has 2 atom stereocenters. The van der Waals surface area contributed by atoms with Gasteiger partial charge in [0.1, 0.15) is 11.7 Å². The molecule has 2 saturated heterocycles. The highest BCUT2D eigenvalue weighted by molar-refractivity contribution is 5.83. The number of alkyl halides is 6. The summed E-state index contributed by atoms with van der Waals surface area (Å²) in [6.07, 6.45) is -6.26. The van der Waals surface area contributed by atoms with Gasteiger partial charge in [0.2, 0.25) is 5.95 Å². The van der Waals surface area contributed by atoms with E-state index >= 15 is 0 Å². The standard InChI is InChI=1S/C22H25F6N7O3/c1-12(32-15-10-31-33-18(36)17(15)22(26,27)28)11-38-16-4-7-35(19(16)37)14-2-5-34(6-3-14)20-29-8-13(9-30-20)21(23,24)25/h8-10,12,14,16H,2-7,11H2,1H3,(H2,32,33,36)/t12-,16+/m0/s1. The number of aromatic amines is 1. The van der Waals surface area contributed by atoms with Crippen molar-refractivity contribution >= 4 is 17.5 Å². The third-order valence-corrected chi connectivity index (χ3v) is 6.43. The monoisotopic (exact) mass is 549 g/mol. The highest BCUT2D eigenvalue weighted by atomic mass is 19.4. The summed E-state index contributed by atoms with van der Waals surface area (Å²) in [6, 6.07) is -0.748. The van der Waals surface area contributed by atoms with E-state index in [2.05, 4.69) is 20.4 Å². The van der Waals surface area contributed by atoms with E-state index < -0.39 is 46.9 Å². The summed E-state index contributed by atoms with van der Waals surface area (Å²) in [6.45, 7) is 2.83. The minimum absolute atomic E-state index is 0.0853. The first-order valence-corrected chi connectivity index (χ1v) is 11.8. The maximum atomic E-state index is 13.2. The number of anilines is 2. The smallest absolute Gasteiger partial charge is 0.378 e. The molecule has 2 aromatic heterocycles. The van der Waals surface area contributed by atoms with Gasteiger partial charge in [-0.2, -0.15) is 31.4 Å². The Hall–Kier alpha value is -3.43. The summed E-state index contributed by atoms with van der Waals surface area (Å²) in [4.78, 5) is 35.6. The molecular formula is C22H25F6N7O3. The molecule has 10 nitrogen and oxygen atoms in total. The third kappa shape index (κ3) is 6.16. The number of hydrogen-bond acceptors (Lipinski definition) is 8. The third-order valence-electron chi connectivity index (χ3n) is 6.43. The van der Waals surface area contributed by atoms with Crippen molar-refractivity contribution in [1.82, 2.24) is 25.1 Å². The number of likely N-dealkylation sites (tertiary alicyclic amines) is 1. The Balaban J connectivity index is 1.27. The minimum atomic E-state index is -4.88. The van der Waals surface area contributed by atoms with Crippen LogP contribution in [-0.4, -0.2) is 75.4 Å². The maximum Gasteiger partial charge on any atom is 0.423 e. The van der Waals surface area contributed by atoms with Crippen LogP contribution < -0.4 is 15.8 Å². The fraction of sp³-hybridized carbons (Fsp3) is 0.591. The number of carbonyl (C=O) groups is 1. The molecule has 4 heterocycles. The second-order valence-electron chi connectivity index (χ2n) is 9.16. The number of amides is 1. The summed E-state index contributed by atoms with van der Waals surface area (Å²) in [5.74, 6) is -0.0357. The molecule has 0 aliphatic carbocycles. The van der Waals surface area contributed by atoms with Gasteiger partial charge in [0, 0.05) is 50.5 Å². The largest absolute Gasteiger partial charge is 0.423 e. The second-order valence-corrected chi connectivity index (χ2v) is 9.16. The molecule has 38 heavy (non-hydrogen) atoms. The van der Waals surface area contributed by atoms with Crippen molar-refractivity contribution in [3.05, 3.63) is 40.1 Å². The summed E-state index contributed by atoms with van der Waals surface area (Å²) < 4.78 is 83.5. The number of rotatable bonds is 7. The van der Waals surface area contributed by atoms with Crippen LogP contribution in [-0.2, 0) is 21.9 Å². The first-order chi connectivity index (χ1) is 17.8. The molecule has 4 rings (SSSR count). The molecule has 0 bridgehead atoms. The zero-order valence-electron chi connectivity index (χ0n) is 20.1. The maximum absolute atomic E-state index is 13.2. The fourth-order valence-electron chi connectivity index (χ4n) is 4.56. The Morgan fingerprint density at radius 1 is 1.03 bits per heavy atom. The van der Waals surface area contributed by atoms with E-state index in [1.165, 1.54) is 0 Å². The Morgan fingerprint density at radius 2 is 1.68 bits per heavy atom. The lowest BCUT2D eigenvalue weighted by Gasteiger charge is -2.36. The van der Waals surface area contributed by atoms with E-state index in [9.17, 15) is 35.9 Å². The molecule has 2 fully saturated rings. The molecule has 2 aromatic rings. The van der Waals surface area contributed by atoms with Crippen LogP contribution in [0.4, 0.5) is 38.0 Å². The molecule has 2 aliphatic rings. The van der Waals surface area contributed by atoms with Crippen molar-refractivity contribution in [3.8, 4) is 0 Å². The van der Waals surface area contributed by atoms with Crippen molar-refractivity contribution in [3.63, 3.8) is 0 Å². The van der Waals surface area contributed by atoms with Crippen LogP contribution in [0, 0.1) is 0 Å². The van der Waals surface area contributed by atoms with E-state index in [0.29, 0.717) is 38.9 Å². The van der Waals surface area contributed by atoms with Crippen molar-refractivity contribution in [2.24, 2.45) is 0 Å². The summed E-state index contributed by atoms with van der Waals surface area (Å²) in [5, 5.41) is 7.73. The Labute approximate surface area is 212 Å². The van der Waals surface area contributed by atoms with Crippen molar-refractivity contribution < 1.29 is 35.9 Å². The van der Waals surface area contributed by atoms with Crippen molar-refractivity contribution in [2.75, 3.05) is 36.5 Å². The lowest BCUT2D eigenvalue weighted by atomic mass is 10.0. The van der Waals surface area contributed by atoms with Gasteiger partial charge < -0.3 is 19.9 Å². The van der Waals surface area contributed by atoms with E-state index in [1.807, 2.05) is 0 Å². The lowest BCUT2D eigenvalue weighted by Crippen LogP contribution is -2.47. The van der Waals surface area contributed by atoms with Crippen LogP contribution in [0.3, 0.4) is 0 Å². The van der Waals surface area contributed by atoms with Gasteiger partial charge in [-0.1, -0.05) is 0 Å².